The number of nitrogens with one attached hydrogen (secondary N) is 1. The minimum Gasteiger partial charge on any atom is -0.497 e. The molecule has 1 atom stereocenters. The molecular weight excluding hydrogens is 430 g/mol. The fourth-order valence-electron chi connectivity index (χ4n) is 4.54. The Morgan fingerprint density at radius 2 is 1.82 bits per heavy atom. The van der Waals surface area contributed by atoms with E-state index in [0.717, 1.165) is 54.0 Å². The van der Waals surface area contributed by atoms with Crippen molar-refractivity contribution >= 4 is 10.9 Å². The van der Waals surface area contributed by atoms with Crippen molar-refractivity contribution in [3.05, 3.63) is 81.4 Å². The minimum absolute atomic E-state index is 0.110. The van der Waals surface area contributed by atoms with Crippen molar-refractivity contribution in [2.75, 3.05) is 40.3 Å². The van der Waals surface area contributed by atoms with Gasteiger partial charge >= 0.3 is 0 Å². The van der Waals surface area contributed by atoms with Crippen molar-refractivity contribution in [1.29, 1.82) is 0 Å². The van der Waals surface area contributed by atoms with Crippen molar-refractivity contribution in [2.45, 2.75) is 19.5 Å². The van der Waals surface area contributed by atoms with Crippen LogP contribution in [0.3, 0.4) is 0 Å². The van der Waals surface area contributed by atoms with Gasteiger partial charge in [0.15, 0.2) is 5.82 Å². The van der Waals surface area contributed by atoms with Crippen LogP contribution in [0.5, 0.6) is 5.75 Å². The molecule has 2 aromatic carbocycles. The average Bonchev–Trinajstić information content (AvgIpc) is 3.29. The van der Waals surface area contributed by atoms with Gasteiger partial charge in [0.1, 0.15) is 11.8 Å². The largest absolute Gasteiger partial charge is 0.497 e. The van der Waals surface area contributed by atoms with Gasteiger partial charge in [0, 0.05) is 37.3 Å². The van der Waals surface area contributed by atoms with Gasteiger partial charge in [-0.2, -0.15) is 0 Å². The van der Waals surface area contributed by atoms with Crippen LogP contribution in [0, 0.1) is 6.92 Å². The molecule has 3 heterocycles. The lowest BCUT2D eigenvalue weighted by Gasteiger charge is -2.37. The highest BCUT2D eigenvalue weighted by Gasteiger charge is 2.32. The van der Waals surface area contributed by atoms with Gasteiger partial charge in [-0.3, -0.25) is 9.69 Å². The topological polar surface area (TPSA) is 92.2 Å². The summed E-state index contributed by atoms with van der Waals surface area (Å²) in [7, 11) is 3.77. The smallest absolute Gasteiger partial charge is 0.253 e. The maximum Gasteiger partial charge on any atom is 0.253 e. The van der Waals surface area contributed by atoms with E-state index in [1.807, 2.05) is 49.4 Å². The van der Waals surface area contributed by atoms with Gasteiger partial charge in [-0.05, 0) is 65.2 Å². The zero-order chi connectivity index (χ0) is 23.7. The molecule has 34 heavy (non-hydrogen) atoms. The van der Waals surface area contributed by atoms with Gasteiger partial charge in [-0.15, -0.1) is 5.10 Å². The van der Waals surface area contributed by atoms with Crippen molar-refractivity contribution in [2.24, 2.45) is 0 Å². The number of benzene rings is 2. The number of H-pyrrole nitrogens is 1. The zero-order valence-electron chi connectivity index (χ0n) is 19.7. The quantitative estimate of drug-likeness (QED) is 0.473. The Morgan fingerprint density at radius 1 is 1.06 bits per heavy atom. The number of tetrazole rings is 1. The molecule has 1 fully saturated rings. The van der Waals surface area contributed by atoms with Crippen LogP contribution in [-0.4, -0.2) is 75.3 Å². The van der Waals surface area contributed by atoms with E-state index in [1.54, 1.807) is 11.8 Å². The van der Waals surface area contributed by atoms with Crippen LogP contribution in [0.25, 0.3) is 10.9 Å². The lowest BCUT2D eigenvalue weighted by Crippen LogP contribution is -2.47. The number of nitrogens with zero attached hydrogens (tertiary/aromatic N) is 6. The van der Waals surface area contributed by atoms with Crippen molar-refractivity contribution in [3.8, 4) is 5.75 Å². The average molecular weight is 460 g/mol. The van der Waals surface area contributed by atoms with E-state index in [2.05, 4.69) is 43.4 Å². The van der Waals surface area contributed by atoms with E-state index in [1.165, 1.54) is 0 Å². The minimum atomic E-state index is -0.351. The molecule has 0 aliphatic carbocycles. The third kappa shape index (κ3) is 4.44. The molecule has 0 radical (unpaired) electrons. The van der Waals surface area contributed by atoms with Gasteiger partial charge < -0.3 is 14.6 Å². The SMILES string of the molecule is COc1ccc(Cn2nnnc2C(c2cc3ccc(C)cc3[nH]c2=O)N2CCN(C)CC2)cc1. The number of piperazine rings is 1. The second-order valence-corrected chi connectivity index (χ2v) is 8.93. The molecule has 2 aromatic heterocycles. The van der Waals surface area contributed by atoms with E-state index in [0.29, 0.717) is 17.9 Å². The molecule has 0 bridgehead atoms. The van der Waals surface area contributed by atoms with Crippen molar-refractivity contribution < 1.29 is 4.74 Å². The number of aromatic amines is 1. The molecular formula is C25H29N7O2. The molecule has 9 nitrogen and oxygen atoms in total. The maximum atomic E-state index is 13.3. The van der Waals surface area contributed by atoms with Crippen LogP contribution in [0.15, 0.2) is 53.3 Å². The molecule has 0 spiro atoms. The molecule has 5 rings (SSSR count). The van der Waals surface area contributed by atoms with Crippen LogP contribution >= 0.6 is 0 Å². The highest BCUT2D eigenvalue weighted by molar-refractivity contribution is 5.79. The van der Waals surface area contributed by atoms with Crippen LogP contribution < -0.4 is 10.3 Å². The third-order valence-corrected chi connectivity index (χ3v) is 6.52. The number of pyridine rings is 1. The van der Waals surface area contributed by atoms with Gasteiger partial charge in [0.05, 0.1) is 13.7 Å². The molecule has 1 aliphatic rings. The third-order valence-electron chi connectivity index (χ3n) is 6.52. The van der Waals surface area contributed by atoms with E-state index >= 15 is 0 Å². The van der Waals surface area contributed by atoms with E-state index in [9.17, 15) is 4.79 Å². The number of fused-ring (bicyclic) bond motifs is 1. The highest BCUT2D eigenvalue weighted by Crippen LogP contribution is 2.28. The molecule has 0 saturated carbocycles. The van der Waals surface area contributed by atoms with Crippen LogP contribution in [0.2, 0.25) is 0 Å². The molecule has 9 heteroatoms. The Balaban J connectivity index is 1.57. The summed E-state index contributed by atoms with van der Waals surface area (Å²) in [4.78, 5) is 21.0. The second-order valence-electron chi connectivity index (χ2n) is 8.93. The van der Waals surface area contributed by atoms with Crippen molar-refractivity contribution in [1.82, 2.24) is 35.0 Å². The molecule has 0 amide bonds. The number of hydrogen-bond donors (Lipinski definition) is 1. The first-order valence-corrected chi connectivity index (χ1v) is 11.5. The van der Waals surface area contributed by atoms with E-state index in [4.69, 9.17) is 4.74 Å². The number of ether oxygens (including phenoxy) is 1. The second kappa shape index (κ2) is 9.36. The Bertz CT molecular complexity index is 1340. The molecule has 176 valence electrons. The predicted molar refractivity (Wildman–Crippen MR) is 130 cm³/mol. The number of aromatic nitrogens is 5. The maximum absolute atomic E-state index is 13.3. The number of hydrogen-bond acceptors (Lipinski definition) is 7. The Morgan fingerprint density at radius 3 is 2.56 bits per heavy atom. The van der Waals surface area contributed by atoms with Crippen LogP contribution in [0.4, 0.5) is 0 Å². The Labute approximate surface area is 198 Å². The fourth-order valence-corrected chi connectivity index (χ4v) is 4.54. The summed E-state index contributed by atoms with van der Waals surface area (Å²) in [6.07, 6.45) is 0. The summed E-state index contributed by atoms with van der Waals surface area (Å²) in [5.41, 5.74) is 3.54. The first-order valence-electron chi connectivity index (χ1n) is 11.5. The summed E-state index contributed by atoms with van der Waals surface area (Å²) >= 11 is 0. The lowest BCUT2D eigenvalue weighted by atomic mass is 10.0. The van der Waals surface area contributed by atoms with E-state index in [-0.39, 0.29) is 11.6 Å². The number of rotatable bonds is 6. The standard InChI is InChI=1S/C25H29N7O2/c1-17-4-7-19-15-21(25(33)26-22(19)14-17)23(31-12-10-30(2)11-13-31)24-27-28-29-32(24)16-18-5-8-20(34-3)9-6-18/h4-9,14-15,23H,10-13,16H2,1-3H3,(H,26,33). The molecule has 1 saturated heterocycles. The van der Waals surface area contributed by atoms with Gasteiger partial charge in [-0.25, -0.2) is 4.68 Å². The monoisotopic (exact) mass is 459 g/mol. The highest BCUT2D eigenvalue weighted by atomic mass is 16.5. The first kappa shape index (κ1) is 22.2. The van der Waals surface area contributed by atoms with Gasteiger partial charge in [-0.1, -0.05) is 24.3 Å². The van der Waals surface area contributed by atoms with E-state index < -0.39 is 0 Å². The molecule has 1 aliphatic heterocycles. The molecule has 1 N–H and O–H groups in total. The molecule has 1 unspecified atom stereocenters. The summed E-state index contributed by atoms with van der Waals surface area (Å²) in [6.45, 7) is 6.00. The summed E-state index contributed by atoms with van der Waals surface area (Å²) in [6, 6.07) is 15.6. The lowest BCUT2D eigenvalue weighted by molar-refractivity contribution is 0.121. The Hall–Kier alpha value is -3.56. The molecule has 4 aromatic rings. The summed E-state index contributed by atoms with van der Waals surface area (Å²) in [5.74, 6) is 1.46. The van der Waals surface area contributed by atoms with Gasteiger partial charge in [0.25, 0.3) is 5.56 Å². The number of aryl methyl sites for hydroxylation is 1. The summed E-state index contributed by atoms with van der Waals surface area (Å²) < 4.78 is 7.07. The summed E-state index contributed by atoms with van der Waals surface area (Å²) in [5, 5.41) is 13.7. The van der Waals surface area contributed by atoms with Gasteiger partial charge in [0.2, 0.25) is 0 Å². The number of likely N-dealkylation sites (N-methyl/N-ethyl adjacent to an activating group) is 1. The first-order chi connectivity index (χ1) is 16.5. The zero-order valence-corrected chi connectivity index (χ0v) is 19.7. The van der Waals surface area contributed by atoms with Crippen LogP contribution in [0.1, 0.15) is 28.6 Å². The Kier molecular flexibility index (Phi) is 6.12. The predicted octanol–water partition coefficient (Wildman–Crippen LogP) is 2.22. The van der Waals surface area contributed by atoms with Crippen molar-refractivity contribution in [3.63, 3.8) is 0 Å². The normalized spacial score (nSPS) is 16.1. The fraction of sp³-hybridized carbons (Fsp3) is 0.360. The number of methoxy groups -OCH3 is 1. The van der Waals surface area contributed by atoms with Crippen LogP contribution in [-0.2, 0) is 6.54 Å².